The zero-order valence-electron chi connectivity index (χ0n) is 20.1. The zero-order valence-corrected chi connectivity index (χ0v) is 20.8. The Morgan fingerprint density at radius 1 is 0.636 bits per heavy atom. The van der Waals surface area contributed by atoms with Crippen molar-refractivity contribution in [1.82, 2.24) is 0 Å². The molecule has 2 atom stereocenters. The Morgan fingerprint density at radius 3 is 1.30 bits per heavy atom. The molecule has 0 aliphatic heterocycles. The molecule has 0 aromatic carbocycles. The van der Waals surface area contributed by atoms with E-state index >= 15 is 0 Å². The number of aryl methyl sites for hydroxylation is 1. The quantitative estimate of drug-likeness (QED) is 0.182. The van der Waals surface area contributed by atoms with E-state index in [1.54, 1.807) is 0 Å². The molecule has 0 spiro atoms. The topological polar surface area (TPSA) is 119 Å². The van der Waals surface area contributed by atoms with Crippen LogP contribution in [0.5, 0.6) is 0 Å². The lowest BCUT2D eigenvalue weighted by molar-refractivity contribution is -0.697. The van der Waals surface area contributed by atoms with Gasteiger partial charge < -0.3 is 32.8 Å². The summed E-state index contributed by atoms with van der Waals surface area (Å²) in [7, 11) is 0. The van der Waals surface area contributed by atoms with E-state index in [1.165, 1.54) is 96.4 Å². The van der Waals surface area contributed by atoms with Gasteiger partial charge in [0.1, 0.15) is 6.54 Å². The van der Waals surface area contributed by atoms with E-state index < -0.39 is 24.1 Å². The minimum Gasteiger partial charge on any atom is -1.00 e. The fraction of sp³-hybridized carbons (Fsp3) is 0.720. The second kappa shape index (κ2) is 23.5. The van der Waals surface area contributed by atoms with E-state index in [1.807, 2.05) is 0 Å². The zero-order chi connectivity index (χ0) is 24.0. The molecule has 0 saturated carbocycles. The lowest BCUT2D eigenvalue weighted by atomic mass is 10.0. The van der Waals surface area contributed by atoms with Gasteiger partial charge in [-0.15, -0.1) is 0 Å². The van der Waals surface area contributed by atoms with Gasteiger partial charge in [-0.25, -0.2) is 14.2 Å². The van der Waals surface area contributed by atoms with Crippen LogP contribution in [0.2, 0.25) is 0 Å². The lowest BCUT2D eigenvalue weighted by Gasteiger charge is -2.07. The number of nitrogens with zero attached hydrogens (tertiary/aromatic N) is 1. The maximum absolute atomic E-state index is 9.77. The first-order chi connectivity index (χ1) is 15.4. The molecule has 1 aromatic rings. The first-order valence-corrected chi connectivity index (χ1v) is 12.2. The van der Waals surface area contributed by atoms with E-state index in [0.29, 0.717) is 0 Å². The standard InChI is InChI=1S/C21H38N.C4H6O6.ClH/c1-2-3-4-5-6-7-8-9-10-11-12-13-14-16-19-22-20-17-15-18-21-22;5-1(3(7)8)2(6)4(9)10;/h15,17-18,20-21H,2-14,16,19H2,1H3;1-2,5-6H,(H,7,8)(H,9,10);1H/q+1;;/p-1. The first kappa shape index (κ1) is 33.5. The van der Waals surface area contributed by atoms with Crippen LogP contribution in [0, 0.1) is 0 Å². The SMILES string of the molecule is CCCCCCCCCCCCCCCC[n+]1ccccc1.O=C(O)C(O)C(O)C(=O)O.[Cl-]. The Hall–Kier alpha value is -1.70. The molecule has 0 saturated heterocycles. The normalized spacial score (nSPS) is 12.1. The van der Waals surface area contributed by atoms with Crippen LogP contribution in [0.15, 0.2) is 30.6 Å². The molecule has 0 radical (unpaired) electrons. The van der Waals surface area contributed by atoms with Crippen LogP contribution in [0.25, 0.3) is 0 Å². The van der Waals surface area contributed by atoms with Crippen LogP contribution >= 0.6 is 0 Å². The predicted molar refractivity (Wildman–Crippen MR) is 124 cm³/mol. The number of rotatable bonds is 18. The third kappa shape index (κ3) is 20.6. The van der Waals surface area contributed by atoms with Crippen LogP contribution in [0.4, 0.5) is 0 Å². The van der Waals surface area contributed by atoms with Crippen LogP contribution in [0.1, 0.15) is 96.8 Å². The van der Waals surface area contributed by atoms with Gasteiger partial charge in [-0.3, -0.25) is 0 Å². The Kier molecular flexibility index (Phi) is 23.8. The number of unbranched alkanes of at least 4 members (excludes halogenated alkanes) is 13. The van der Waals surface area contributed by atoms with Gasteiger partial charge in [-0.2, -0.15) is 0 Å². The van der Waals surface area contributed by atoms with Crippen molar-refractivity contribution in [2.24, 2.45) is 0 Å². The first-order valence-electron chi connectivity index (χ1n) is 12.2. The second-order valence-electron chi connectivity index (χ2n) is 8.28. The van der Waals surface area contributed by atoms with Crippen LogP contribution in [-0.2, 0) is 16.1 Å². The lowest BCUT2D eigenvalue weighted by Crippen LogP contribution is -3.00. The number of hydrogen-bond donors (Lipinski definition) is 4. The average molecular weight is 490 g/mol. The highest BCUT2D eigenvalue weighted by Gasteiger charge is 2.29. The highest BCUT2D eigenvalue weighted by atomic mass is 35.5. The molecule has 8 heteroatoms. The van der Waals surface area contributed by atoms with Gasteiger partial charge in [0, 0.05) is 18.6 Å². The Labute approximate surface area is 205 Å². The summed E-state index contributed by atoms with van der Waals surface area (Å²) in [6.07, 6.45) is 19.9. The van der Waals surface area contributed by atoms with Crippen LogP contribution in [0.3, 0.4) is 0 Å². The molecule has 1 aromatic heterocycles. The molecule has 1 rings (SSSR count). The largest absolute Gasteiger partial charge is 1.00 e. The third-order valence-corrected chi connectivity index (χ3v) is 5.35. The molecule has 0 amide bonds. The number of halogens is 1. The second-order valence-corrected chi connectivity index (χ2v) is 8.28. The van der Waals surface area contributed by atoms with Gasteiger partial charge >= 0.3 is 11.9 Å². The van der Waals surface area contributed by atoms with Crippen molar-refractivity contribution in [3.8, 4) is 0 Å². The van der Waals surface area contributed by atoms with Crippen LogP contribution in [-0.4, -0.2) is 44.6 Å². The van der Waals surface area contributed by atoms with Gasteiger partial charge in [0.05, 0.1) is 0 Å². The van der Waals surface area contributed by atoms with Crippen molar-refractivity contribution in [3.63, 3.8) is 0 Å². The molecular weight excluding hydrogens is 446 g/mol. The van der Waals surface area contributed by atoms with Crippen molar-refractivity contribution >= 4 is 11.9 Å². The number of aromatic nitrogens is 1. The van der Waals surface area contributed by atoms with Crippen molar-refractivity contribution < 1.29 is 47.0 Å². The van der Waals surface area contributed by atoms with Crippen LogP contribution < -0.4 is 17.0 Å². The molecule has 33 heavy (non-hydrogen) atoms. The summed E-state index contributed by atoms with van der Waals surface area (Å²) in [5, 5.41) is 32.5. The predicted octanol–water partition coefficient (Wildman–Crippen LogP) is 1.34. The number of hydrogen-bond acceptors (Lipinski definition) is 4. The maximum Gasteiger partial charge on any atom is 0.335 e. The van der Waals surface area contributed by atoms with E-state index in [9.17, 15) is 9.59 Å². The molecular formula is C25H44ClNO6. The molecule has 0 bridgehead atoms. The number of carbonyl (C=O) groups is 2. The minimum atomic E-state index is -2.27. The molecule has 1 heterocycles. The molecule has 7 nitrogen and oxygen atoms in total. The molecule has 4 N–H and O–H groups in total. The Bertz CT molecular complexity index is 570. The molecule has 0 aliphatic carbocycles. The van der Waals surface area contributed by atoms with Crippen molar-refractivity contribution in [3.05, 3.63) is 30.6 Å². The van der Waals surface area contributed by atoms with Gasteiger partial charge in [0.2, 0.25) is 0 Å². The monoisotopic (exact) mass is 489 g/mol. The number of carboxylic acids is 2. The summed E-state index contributed by atoms with van der Waals surface area (Å²) in [5.41, 5.74) is 0. The summed E-state index contributed by atoms with van der Waals surface area (Å²) in [6.45, 7) is 3.47. The van der Waals surface area contributed by atoms with Crippen molar-refractivity contribution in [2.45, 2.75) is 116 Å². The van der Waals surface area contributed by atoms with Gasteiger partial charge in [0.25, 0.3) is 0 Å². The summed E-state index contributed by atoms with van der Waals surface area (Å²) in [5.74, 6) is -3.54. The highest BCUT2D eigenvalue weighted by Crippen LogP contribution is 2.12. The number of aliphatic hydroxyl groups is 2. The fourth-order valence-electron chi connectivity index (χ4n) is 3.34. The maximum atomic E-state index is 9.77. The highest BCUT2D eigenvalue weighted by molar-refractivity contribution is 5.83. The van der Waals surface area contributed by atoms with Crippen molar-refractivity contribution in [2.75, 3.05) is 0 Å². The van der Waals surface area contributed by atoms with E-state index in [2.05, 4.69) is 42.1 Å². The smallest absolute Gasteiger partial charge is 0.335 e. The van der Waals surface area contributed by atoms with Crippen molar-refractivity contribution in [1.29, 1.82) is 0 Å². The number of pyridine rings is 1. The number of aliphatic carboxylic acids is 2. The summed E-state index contributed by atoms with van der Waals surface area (Å²) in [6, 6.07) is 6.31. The van der Waals surface area contributed by atoms with Gasteiger partial charge in [-0.05, 0) is 6.42 Å². The van der Waals surface area contributed by atoms with E-state index in [4.69, 9.17) is 20.4 Å². The minimum absolute atomic E-state index is 0. The molecule has 0 fully saturated rings. The van der Waals surface area contributed by atoms with Gasteiger partial charge in [-0.1, -0.05) is 90.0 Å². The number of carboxylic acid groups (broad SMARTS) is 2. The number of aliphatic hydroxyl groups excluding tert-OH is 2. The van der Waals surface area contributed by atoms with E-state index in [-0.39, 0.29) is 12.4 Å². The Balaban J connectivity index is 0. The molecule has 2 unspecified atom stereocenters. The summed E-state index contributed by atoms with van der Waals surface area (Å²) >= 11 is 0. The fourth-order valence-corrected chi connectivity index (χ4v) is 3.34. The van der Waals surface area contributed by atoms with Gasteiger partial charge in [0.15, 0.2) is 24.6 Å². The summed E-state index contributed by atoms with van der Waals surface area (Å²) < 4.78 is 2.29. The third-order valence-electron chi connectivity index (χ3n) is 5.35. The Morgan fingerprint density at radius 2 is 0.970 bits per heavy atom. The molecule has 0 aliphatic rings. The average Bonchev–Trinajstić information content (AvgIpc) is 2.79. The molecule has 192 valence electrons. The van der Waals surface area contributed by atoms with E-state index in [0.717, 1.165) is 0 Å². The summed E-state index contributed by atoms with van der Waals surface area (Å²) in [4.78, 5) is 19.5.